The van der Waals surface area contributed by atoms with Crippen LogP contribution >= 0.6 is 7.60 Å². The molecule has 0 radical (unpaired) electrons. The summed E-state index contributed by atoms with van der Waals surface area (Å²) in [5.41, 5.74) is 1.62. The predicted molar refractivity (Wildman–Crippen MR) is 113 cm³/mol. The van der Waals surface area contributed by atoms with E-state index in [1.165, 1.54) is 24.3 Å². The zero-order valence-electron chi connectivity index (χ0n) is 16.5. The Balaban J connectivity index is 2.26. The lowest BCUT2D eigenvalue weighted by molar-refractivity contribution is 0.286. The van der Waals surface area contributed by atoms with Crippen molar-refractivity contribution in [3.05, 3.63) is 60.5 Å². The standard InChI is InChI=1S/C20H23N2O6PS/c1-3-20(4-2,29(23,24)25)19-22-17(14-8-6-5-7-9-14)18(28-19)15-10-12-16(13-11-15)30(21,26)27/h5-13H,3-4H2,1-2H3,(H2,21,26,27)(H2,23,24,25). The third-order valence-corrected chi connectivity index (χ3v) is 8.11. The molecule has 0 spiro atoms. The van der Waals surface area contributed by atoms with Crippen LogP contribution in [0.4, 0.5) is 0 Å². The van der Waals surface area contributed by atoms with Crippen LogP contribution in [0.25, 0.3) is 22.6 Å². The highest BCUT2D eigenvalue weighted by molar-refractivity contribution is 7.89. The largest absolute Gasteiger partial charge is 0.439 e. The van der Waals surface area contributed by atoms with E-state index >= 15 is 0 Å². The van der Waals surface area contributed by atoms with Crippen molar-refractivity contribution in [3.63, 3.8) is 0 Å². The van der Waals surface area contributed by atoms with Crippen LogP contribution in [-0.4, -0.2) is 23.2 Å². The lowest BCUT2D eigenvalue weighted by Crippen LogP contribution is -2.25. The molecule has 4 N–H and O–H groups in total. The van der Waals surface area contributed by atoms with E-state index in [-0.39, 0.29) is 29.4 Å². The van der Waals surface area contributed by atoms with Gasteiger partial charge in [0.15, 0.2) is 5.76 Å². The highest BCUT2D eigenvalue weighted by Gasteiger charge is 2.50. The van der Waals surface area contributed by atoms with Crippen LogP contribution < -0.4 is 5.14 Å². The average Bonchev–Trinajstić information content (AvgIpc) is 3.14. The Labute approximate surface area is 175 Å². The number of sulfonamides is 1. The molecule has 3 aromatic rings. The quantitative estimate of drug-likeness (QED) is 0.464. The van der Waals surface area contributed by atoms with Gasteiger partial charge in [-0.05, 0) is 37.1 Å². The molecule has 0 atom stereocenters. The van der Waals surface area contributed by atoms with Gasteiger partial charge in [-0.15, -0.1) is 0 Å². The Hall–Kier alpha value is -2.29. The number of hydrogen-bond acceptors (Lipinski definition) is 5. The number of benzene rings is 2. The number of nitrogens with two attached hydrogens (primary N) is 1. The summed E-state index contributed by atoms with van der Waals surface area (Å²) >= 11 is 0. The fourth-order valence-corrected chi connectivity index (χ4v) is 5.08. The van der Waals surface area contributed by atoms with Gasteiger partial charge >= 0.3 is 7.60 Å². The van der Waals surface area contributed by atoms with Crippen molar-refractivity contribution in [2.24, 2.45) is 5.14 Å². The van der Waals surface area contributed by atoms with Crippen molar-refractivity contribution in [1.29, 1.82) is 0 Å². The summed E-state index contributed by atoms with van der Waals surface area (Å²) in [6, 6.07) is 14.8. The van der Waals surface area contributed by atoms with E-state index < -0.39 is 22.8 Å². The predicted octanol–water partition coefficient (Wildman–Crippen LogP) is 3.85. The van der Waals surface area contributed by atoms with Crippen molar-refractivity contribution in [3.8, 4) is 22.6 Å². The summed E-state index contributed by atoms with van der Waals surface area (Å²) in [5, 5.41) is 3.60. The first-order valence-electron chi connectivity index (χ1n) is 9.29. The molecule has 0 amide bonds. The average molecular weight is 450 g/mol. The molecule has 0 saturated heterocycles. The van der Waals surface area contributed by atoms with E-state index in [2.05, 4.69) is 4.98 Å². The molecule has 10 heteroatoms. The molecule has 1 heterocycles. The van der Waals surface area contributed by atoms with E-state index in [9.17, 15) is 22.8 Å². The molecule has 0 aliphatic heterocycles. The van der Waals surface area contributed by atoms with Crippen LogP contribution in [-0.2, 0) is 19.7 Å². The molecule has 0 fully saturated rings. The normalized spacial score (nSPS) is 12.8. The monoisotopic (exact) mass is 450 g/mol. The molecule has 0 aliphatic rings. The van der Waals surface area contributed by atoms with Crippen LogP contribution in [0.2, 0.25) is 0 Å². The second-order valence-electron chi connectivity index (χ2n) is 6.91. The van der Waals surface area contributed by atoms with E-state index in [1.807, 2.05) is 18.2 Å². The van der Waals surface area contributed by atoms with Crippen LogP contribution in [0.15, 0.2) is 63.9 Å². The Morgan fingerprint density at radius 1 is 1.00 bits per heavy atom. The maximum absolute atomic E-state index is 12.4. The summed E-state index contributed by atoms with van der Waals surface area (Å²) in [4.78, 5) is 24.6. The van der Waals surface area contributed by atoms with Gasteiger partial charge in [0.05, 0.1) is 4.90 Å². The van der Waals surface area contributed by atoms with Crippen molar-refractivity contribution >= 4 is 17.6 Å². The van der Waals surface area contributed by atoms with Gasteiger partial charge in [0.25, 0.3) is 0 Å². The molecule has 8 nitrogen and oxygen atoms in total. The molecule has 2 aromatic carbocycles. The van der Waals surface area contributed by atoms with Crippen molar-refractivity contribution in [2.75, 3.05) is 0 Å². The topological polar surface area (TPSA) is 144 Å². The zero-order chi connectivity index (χ0) is 22.2. The van der Waals surface area contributed by atoms with Crippen LogP contribution in [0.1, 0.15) is 32.6 Å². The molecule has 0 saturated carbocycles. The Bertz CT molecular complexity index is 1180. The Morgan fingerprint density at radius 2 is 1.57 bits per heavy atom. The molecule has 1 aromatic heterocycles. The number of aromatic nitrogens is 1. The molecule has 30 heavy (non-hydrogen) atoms. The molecule has 0 unspecified atom stereocenters. The van der Waals surface area contributed by atoms with Gasteiger partial charge in [0.1, 0.15) is 10.9 Å². The van der Waals surface area contributed by atoms with Gasteiger partial charge in [0, 0.05) is 11.1 Å². The SMILES string of the molecule is CCC(CC)(c1nc(-c2ccccc2)c(-c2ccc(S(N)(=O)=O)cc2)o1)P(=O)(O)O. The fourth-order valence-electron chi connectivity index (χ4n) is 3.39. The Morgan fingerprint density at radius 3 is 2.03 bits per heavy atom. The number of rotatable bonds is 7. The Kier molecular flexibility index (Phi) is 6.04. The molecular formula is C20H23N2O6PS. The van der Waals surface area contributed by atoms with Gasteiger partial charge in [-0.1, -0.05) is 44.2 Å². The second kappa shape index (κ2) is 8.09. The summed E-state index contributed by atoms with van der Waals surface area (Å²) < 4.78 is 41.4. The molecule has 160 valence electrons. The number of nitrogens with zero attached hydrogens (tertiary/aromatic N) is 1. The third-order valence-electron chi connectivity index (χ3n) is 5.24. The maximum Gasteiger partial charge on any atom is 0.340 e. The minimum Gasteiger partial charge on any atom is -0.439 e. The summed E-state index contributed by atoms with van der Waals surface area (Å²) in [6.45, 7) is 3.35. The fraction of sp³-hybridized carbons (Fsp3) is 0.250. The molecule has 3 rings (SSSR count). The summed E-state index contributed by atoms with van der Waals surface area (Å²) in [7, 11) is -8.46. The van der Waals surface area contributed by atoms with Crippen molar-refractivity contribution < 1.29 is 27.2 Å². The molecule has 0 bridgehead atoms. The third kappa shape index (κ3) is 3.99. The zero-order valence-corrected chi connectivity index (χ0v) is 18.2. The smallest absolute Gasteiger partial charge is 0.340 e. The lowest BCUT2D eigenvalue weighted by Gasteiger charge is -2.28. The van der Waals surface area contributed by atoms with Crippen molar-refractivity contribution in [2.45, 2.75) is 36.7 Å². The van der Waals surface area contributed by atoms with E-state index in [1.54, 1.807) is 26.0 Å². The number of primary sulfonamides is 1. The van der Waals surface area contributed by atoms with E-state index in [0.717, 1.165) is 0 Å². The number of oxazole rings is 1. The minimum absolute atomic E-state index is 0.0507. The van der Waals surface area contributed by atoms with Gasteiger partial charge in [0.2, 0.25) is 15.9 Å². The molecule has 0 aliphatic carbocycles. The molecular weight excluding hydrogens is 427 g/mol. The highest BCUT2D eigenvalue weighted by atomic mass is 32.2. The summed E-state index contributed by atoms with van der Waals surface area (Å²) in [6.07, 6.45) is 0.263. The second-order valence-corrected chi connectivity index (χ2v) is 10.4. The van der Waals surface area contributed by atoms with Gasteiger partial charge in [-0.3, -0.25) is 4.57 Å². The van der Waals surface area contributed by atoms with Gasteiger partial charge in [-0.2, -0.15) is 0 Å². The first kappa shape index (κ1) is 22.4. The van der Waals surface area contributed by atoms with Crippen LogP contribution in [0, 0.1) is 0 Å². The van der Waals surface area contributed by atoms with E-state index in [4.69, 9.17) is 9.56 Å². The minimum atomic E-state index is -4.60. The highest BCUT2D eigenvalue weighted by Crippen LogP contribution is 2.61. The lowest BCUT2D eigenvalue weighted by atomic mass is 10.0. The van der Waals surface area contributed by atoms with Crippen molar-refractivity contribution in [1.82, 2.24) is 4.98 Å². The van der Waals surface area contributed by atoms with E-state index in [0.29, 0.717) is 16.8 Å². The van der Waals surface area contributed by atoms with Crippen LogP contribution in [0.3, 0.4) is 0 Å². The first-order valence-corrected chi connectivity index (χ1v) is 12.4. The first-order chi connectivity index (χ1) is 14.0. The number of hydrogen-bond donors (Lipinski definition) is 3. The van der Waals surface area contributed by atoms with Gasteiger partial charge in [-0.25, -0.2) is 18.5 Å². The van der Waals surface area contributed by atoms with Crippen LogP contribution in [0.5, 0.6) is 0 Å². The van der Waals surface area contributed by atoms with Gasteiger partial charge < -0.3 is 14.2 Å². The summed E-state index contributed by atoms with van der Waals surface area (Å²) in [5.74, 6) is 0.238. The maximum atomic E-state index is 12.4.